The number of hydrogen-bond acceptors (Lipinski definition) is 5. The Bertz CT molecular complexity index is 552. The van der Waals surface area contributed by atoms with E-state index in [-0.39, 0.29) is 12.2 Å². The molecule has 1 aliphatic rings. The quantitative estimate of drug-likeness (QED) is 0.841. The third-order valence-corrected chi connectivity index (χ3v) is 3.64. The molecule has 23 heavy (non-hydrogen) atoms. The Balaban J connectivity index is 1.85. The van der Waals surface area contributed by atoms with Gasteiger partial charge in [-0.25, -0.2) is 9.78 Å². The summed E-state index contributed by atoms with van der Waals surface area (Å²) in [6, 6.07) is 1.69. The minimum Gasteiger partial charge on any atom is -0.489 e. The van der Waals surface area contributed by atoms with Gasteiger partial charge in [0.25, 0.3) is 0 Å². The van der Waals surface area contributed by atoms with Crippen LogP contribution in [0.1, 0.15) is 33.6 Å². The van der Waals surface area contributed by atoms with Crippen molar-refractivity contribution in [2.75, 3.05) is 20.2 Å². The average Bonchev–Trinajstić information content (AvgIpc) is 2.46. The van der Waals surface area contributed by atoms with Crippen LogP contribution in [0, 0.1) is 0 Å². The number of hydrogen-bond donors (Lipinski definition) is 0. The number of ether oxygens (including phenoxy) is 3. The van der Waals surface area contributed by atoms with Crippen LogP contribution in [-0.2, 0) is 4.74 Å². The molecular formula is C16H23ClN2O4. The van der Waals surface area contributed by atoms with Gasteiger partial charge in [-0.05, 0) is 20.8 Å². The van der Waals surface area contributed by atoms with Crippen molar-refractivity contribution in [1.82, 2.24) is 9.88 Å². The van der Waals surface area contributed by atoms with Gasteiger partial charge in [-0.2, -0.15) is 0 Å². The van der Waals surface area contributed by atoms with Crippen LogP contribution in [0.2, 0.25) is 5.02 Å². The maximum absolute atomic E-state index is 12.0. The lowest BCUT2D eigenvalue weighted by Gasteiger charge is -2.33. The zero-order valence-corrected chi connectivity index (χ0v) is 14.7. The van der Waals surface area contributed by atoms with Crippen LogP contribution < -0.4 is 9.47 Å². The van der Waals surface area contributed by atoms with Crippen LogP contribution in [0.5, 0.6) is 11.6 Å². The highest BCUT2D eigenvalue weighted by molar-refractivity contribution is 6.31. The van der Waals surface area contributed by atoms with Crippen LogP contribution in [-0.4, -0.2) is 47.9 Å². The topological polar surface area (TPSA) is 60.9 Å². The zero-order chi connectivity index (χ0) is 17.0. The Labute approximate surface area is 141 Å². The predicted molar refractivity (Wildman–Crippen MR) is 87.3 cm³/mol. The van der Waals surface area contributed by atoms with Crippen molar-refractivity contribution in [2.24, 2.45) is 0 Å². The Morgan fingerprint density at radius 1 is 1.35 bits per heavy atom. The minimum absolute atomic E-state index is 0.0277. The fraction of sp³-hybridized carbons (Fsp3) is 0.625. The minimum atomic E-state index is -0.476. The molecule has 1 saturated heterocycles. The molecule has 0 atom stereocenters. The molecule has 0 aromatic carbocycles. The number of aromatic nitrogens is 1. The molecule has 2 rings (SSSR count). The number of methoxy groups -OCH3 is 1. The molecule has 6 nitrogen and oxygen atoms in total. The molecule has 1 fully saturated rings. The third-order valence-electron chi connectivity index (χ3n) is 3.37. The van der Waals surface area contributed by atoms with Crippen molar-refractivity contribution in [3.63, 3.8) is 0 Å². The van der Waals surface area contributed by atoms with E-state index in [2.05, 4.69) is 4.98 Å². The van der Waals surface area contributed by atoms with Crippen molar-refractivity contribution in [1.29, 1.82) is 0 Å². The fourth-order valence-corrected chi connectivity index (χ4v) is 2.53. The SMILES string of the molecule is COc1ncc(OC2CCN(C(=O)OC(C)(C)C)CC2)cc1Cl. The Morgan fingerprint density at radius 3 is 2.52 bits per heavy atom. The summed E-state index contributed by atoms with van der Waals surface area (Å²) in [5, 5.41) is 0.413. The first-order valence-electron chi connectivity index (χ1n) is 7.62. The summed E-state index contributed by atoms with van der Waals surface area (Å²) in [5.41, 5.74) is -0.476. The van der Waals surface area contributed by atoms with Gasteiger partial charge < -0.3 is 19.1 Å². The molecule has 7 heteroatoms. The predicted octanol–water partition coefficient (Wildman–Crippen LogP) is 3.52. The van der Waals surface area contributed by atoms with E-state index in [9.17, 15) is 4.79 Å². The van der Waals surface area contributed by atoms with Crippen molar-refractivity contribution >= 4 is 17.7 Å². The molecule has 2 heterocycles. The number of pyridine rings is 1. The molecule has 0 aliphatic carbocycles. The normalized spacial score (nSPS) is 16.1. The molecule has 0 spiro atoms. The van der Waals surface area contributed by atoms with Crippen LogP contribution in [0.15, 0.2) is 12.3 Å². The first-order valence-corrected chi connectivity index (χ1v) is 8.00. The highest BCUT2D eigenvalue weighted by Gasteiger charge is 2.27. The van der Waals surface area contributed by atoms with E-state index in [0.29, 0.717) is 29.7 Å². The molecule has 0 radical (unpaired) electrons. The lowest BCUT2D eigenvalue weighted by molar-refractivity contribution is 0.0126. The second-order valence-electron chi connectivity index (χ2n) is 6.45. The van der Waals surface area contributed by atoms with Gasteiger partial charge >= 0.3 is 6.09 Å². The average molecular weight is 343 g/mol. The van der Waals surface area contributed by atoms with Gasteiger partial charge in [0.1, 0.15) is 22.5 Å². The van der Waals surface area contributed by atoms with Gasteiger partial charge in [0.15, 0.2) is 0 Å². The van der Waals surface area contributed by atoms with Gasteiger partial charge in [0, 0.05) is 32.0 Å². The van der Waals surface area contributed by atoms with Crippen molar-refractivity contribution in [3.05, 3.63) is 17.3 Å². The summed E-state index contributed by atoms with van der Waals surface area (Å²) in [6.45, 7) is 6.80. The summed E-state index contributed by atoms with van der Waals surface area (Å²) in [6.07, 6.45) is 2.82. The lowest BCUT2D eigenvalue weighted by Crippen LogP contribution is -2.44. The second kappa shape index (κ2) is 7.25. The number of piperidine rings is 1. The van der Waals surface area contributed by atoms with Gasteiger partial charge in [-0.3, -0.25) is 0 Å². The maximum Gasteiger partial charge on any atom is 0.410 e. The molecule has 0 bridgehead atoms. The zero-order valence-electron chi connectivity index (χ0n) is 14.0. The van der Waals surface area contributed by atoms with Crippen LogP contribution in [0.25, 0.3) is 0 Å². The van der Waals surface area contributed by atoms with E-state index < -0.39 is 5.60 Å². The summed E-state index contributed by atoms with van der Waals surface area (Å²) >= 11 is 6.04. The van der Waals surface area contributed by atoms with Crippen LogP contribution in [0.3, 0.4) is 0 Å². The standard InChI is InChI=1S/C16H23ClN2O4/c1-16(2,3)23-15(20)19-7-5-11(6-8-19)22-12-9-13(17)14(21-4)18-10-12/h9-11H,5-8H2,1-4H3. The van der Waals surface area contributed by atoms with E-state index in [1.807, 2.05) is 20.8 Å². The Hall–Kier alpha value is -1.69. The molecule has 1 amide bonds. The third kappa shape index (κ3) is 5.16. The first kappa shape index (κ1) is 17.7. The van der Waals surface area contributed by atoms with E-state index in [0.717, 1.165) is 12.8 Å². The van der Waals surface area contributed by atoms with Gasteiger partial charge in [0.05, 0.1) is 13.3 Å². The Kier molecular flexibility index (Phi) is 5.57. The van der Waals surface area contributed by atoms with Crippen LogP contribution >= 0.6 is 11.6 Å². The highest BCUT2D eigenvalue weighted by Crippen LogP contribution is 2.27. The number of nitrogens with zero attached hydrogens (tertiary/aromatic N) is 2. The number of carbonyl (C=O) groups excluding carboxylic acids is 1. The summed E-state index contributed by atoms with van der Waals surface area (Å²) < 4.78 is 16.3. The van der Waals surface area contributed by atoms with E-state index in [4.69, 9.17) is 25.8 Å². The molecule has 0 N–H and O–H groups in total. The fourth-order valence-electron chi connectivity index (χ4n) is 2.30. The lowest BCUT2D eigenvalue weighted by atomic mass is 10.1. The van der Waals surface area contributed by atoms with Crippen molar-refractivity contribution < 1.29 is 19.0 Å². The number of likely N-dealkylation sites (tertiary alicyclic amines) is 1. The summed E-state index contributed by atoms with van der Waals surface area (Å²) in [7, 11) is 1.52. The first-order chi connectivity index (χ1) is 10.8. The summed E-state index contributed by atoms with van der Waals surface area (Å²) in [5.74, 6) is 0.977. The summed E-state index contributed by atoms with van der Waals surface area (Å²) in [4.78, 5) is 17.8. The Morgan fingerprint density at radius 2 is 2.00 bits per heavy atom. The second-order valence-corrected chi connectivity index (χ2v) is 6.85. The number of amides is 1. The van der Waals surface area contributed by atoms with E-state index >= 15 is 0 Å². The van der Waals surface area contributed by atoms with Gasteiger partial charge in [-0.15, -0.1) is 0 Å². The largest absolute Gasteiger partial charge is 0.489 e. The van der Waals surface area contributed by atoms with E-state index in [1.54, 1.807) is 17.2 Å². The van der Waals surface area contributed by atoms with E-state index in [1.165, 1.54) is 7.11 Å². The van der Waals surface area contributed by atoms with Crippen molar-refractivity contribution in [3.8, 4) is 11.6 Å². The molecule has 0 saturated carbocycles. The molecule has 0 unspecified atom stereocenters. The number of carbonyl (C=O) groups is 1. The molecule has 1 aromatic heterocycles. The maximum atomic E-state index is 12.0. The molecule has 1 aliphatic heterocycles. The van der Waals surface area contributed by atoms with Gasteiger partial charge in [0.2, 0.25) is 5.88 Å². The number of rotatable bonds is 3. The molecule has 128 valence electrons. The molecular weight excluding hydrogens is 320 g/mol. The monoisotopic (exact) mass is 342 g/mol. The van der Waals surface area contributed by atoms with Gasteiger partial charge in [-0.1, -0.05) is 11.6 Å². The van der Waals surface area contributed by atoms with Crippen LogP contribution in [0.4, 0.5) is 4.79 Å². The molecule has 1 aromatic rings. The van der Waals surface area contributed by atoms with Crippen molar-refractivity contribution in [2.45, 2.75) is 45.3 Å². The smallest absolute Gasteiger partial charge is 0.410 e. The highest BCUT2D eigenvalue weighted by atomic mass is 35.5. The number of halogens is 1.